The highest BCUT2D eigenvalue weighted by molar-refractivity contribution is 7.89. The number of sulfonamides is 1. The number of para-hydroxylation sites is 1. The Kier molecular flexibility index (Phi) is 11.6. The lowest BCUT2D eigenvalue weighted by Crippen LogP contribution is -2.54. The van der Waals surface area contributed by atoms with Crippen LogP contribution in [-0.2, 0) is 21.4 Å². The molecule has 0 bridgehead atoms. The number of aryl methyl sites for hydroxylation is 1. The second-order valence-corrected chi connectivity index (χ2v) is 12.5. The van der Waals surface area contributed by atoms with E-state index in [-0.39, 0.29) is 58.8 Å². The van der Waals surface area contributed by atoms with Crippen LogP contribution in [0, 0.1) is 6.92 Å². The molecule has 2 aliphatic heterocycles. The highest BCUT2D eigenvalue weighted by Crippen LogP contribution is 2.36. The van der Waals surface area contributed by atoms with Crippen LogP contribution < -0.4 is 10.6 Å². The standard InChI is InChI=1S/C27H30Cl2N6O4S.2ClH/c1-18-7-8-19-4-2-6-23(26(19)32-18)39-16-20-21(28)9-10-24(25(20)29)40(37,38)35-11-3-5-22(35)27(36)34-14-12-33(13-15-34)17-31-30;;/h2,4,6-10,17,22H,3,5,11-16,30H2,1H3;2*1H/t22-;;/m0../s1. The molecule has 0 saturated carbocycles. The lowest BCUT2D eigenvalue weighted by atomic mass is 10.2. The number of ether oxygens (including phenoxy) is 1. The molecule has 5 rings (SSSR count). The average molecular weight is 678 g/mol. The summed E-state index contributed by atoms with van der Waals surface area (Å²) in [4.78, 5) is 21.5. The van der Waals surface area contributed by atoms with E-state index in [4.69, 9.17) is 33.8 Å². The predicted octanol–water partition coefficient (Wildman–Crippen LogP) is 4.47. The molecule has 10 nitrogen and oxygen atoms in total. The van der Waals surface area contributed by atoms with Gasteiger partial charge in [-0.1, -0.05) is 41.4 Å². The molecule has 3 heterocycles. The Bertz CT molecular complexity index is 1570. The van der Waals surface area contributed by atoms with E-state index in [1.54, 1.807) is 11.0 Å². The van der Waals surface area contributed by atoms with Gasteiger partial charge < -0.3 is 20.4 Å². The summed E-state index contributed by atoms with van der Waals surface area (Å²) < 4.78 is 35.1. The molecule has 0 spiro atoms. The Morgan fingerprint density at radius 3 is 2.55 bits per heavy atom. The van der Waals surface area contributed by atoms with Crippen molar-refractivity contribution < 1.29 is 17.9 Å². The van der Waals surface area contributed by atoms with Gasteiger partial charge in [0.2, 0.25) is 15.9 Å². The minimum Gasteiger partial charge on any atom is -0.487 e. The van der Waals surface area contributed by atoms with Crippen LogP contribution in [0.25, 0.3) is 10.9 Å². The maximum atomic E-state index is 13.9. The van der Waals surface area contributed by atoms with E-state index >= 15 is 0 Å². The minimum absolute atomic E-state index is 0. The molecule has 1 amide bonds. The van der Waals surface area contributed by atoms with Gasteiger partial charge in [-0.3, -0.25) is 4.79 Å². The molecule has 3 aromatic rings. The molecular weight excluding hydrogens is 646 g/mol. The normalized spacial score (nSPS) is 17.7. The van der Waals surface area contributed by atoms with Crippen LogP contribution in [0.5, 0.6) is 5.75 Å². The smallest absolute Gasteiger partial charge is 0.245 e. The van der Waals surface area contributed by atoms with Crippen LogP contribution in [0.4, 0.5) is 0 Å². The Morgan fingerprint density at radius 2 is 1.83 bits per heavy atom. The van der Waals surface area contributed by atoms with Crippen molar-refractivity contribution in [3.63, 3.8) is 0 Å². The molecule has 228 valence electrons. The van der Waals surface area contributed by atoms with Gasteiger partial charge in [-0.05, 0) is 44.0 Å². The van der Waals surface area contributed by atoms with Crippen LogP contribution in [0.3, 0.4) is 0 Å². The van der Waals surface area contributed by atoms with Crippen molar-refractivity contribution in [2.75, 3.05) is 32.7 Å². The quantitative estimate of drug-likeness (QED) is 0.170. The van der Waals surface area contributed by atoms with Crippen molar-refractivity contribution >= 4 is 81.2 Å². The molecule has 42 heavy (non-hydrogen) atoms. The van der Waals surface area contributed by atoms with E-state index < -0.39 is 16.1 Å². The first-order valence-corrected chi connectivity index (χ1v) is 15.1. The van der Waals surface area contributed by atoms with Crippen molar-refractivity contribution in [1.29, 1.82) is 0 Å². The summed E-state index contributed by atoms with van der Waals surface area (Å²) in [5.74, 6) is 5.55. The van der Waals surface area contributed by atoms with Crippen molar-refractivity contribution in [2.45, 2.75) is 37.3 Å². The number of carbonyl (C=O) groups excluding carboxylic acids is 1. The topological polar surface area (TPSA) is 121 Å². The summed E-state index contributed by atoms with van der Waals surface area (Å²) in [7, 11) is -4.10. The van der Waals surface area contributed by atoms with Gasteiger partial charge in [-0.15, -0.1) is 24.8 Å². The first kappa shape index (κ1) is 34.0. The molecule has 0 radical (unpaired) electrons. The molecule has 1 atom stereocenters. The minimum atomic E-state index is -4.10. The number of benzene rings is 2. The first-order chi connectivity index (χ1) is 19.2. The number of carbonyl (C=O) groups is 1. The summed E-state index contributed by atoms with van der Waals surface area (Å²) in [5.41, 5.74) is 1.87. The van der Waals surface area contributed by atoms with Gasteiger partial charge in [0.05, 0.1) is 5.02 Å². The number of hydrogen-bond donors (Lipinski definition) is 1. The molecule has 2 fully saturated rings. The van der Waals surface area contributed by atoms with Gasteiger partial charge in [0.25, 0.3) is 0 Å². The number of fused-ring (bicyclic) bond motifs is 1. The van der Waals surface area contributed by atoms with E-state index in [1.165, 1.54) is 22.8 Å². The lowest BCUT2D eigenvalue weighted by molar-refractivity contribution is -0.135. The van der Waals surface area contributed by atoms with E-state index in [2.05, 4.69) is 10.1 Å². The number of pyridine rings is 1. The lowest BCUT2D eigenvalue weighted by Gasteiger charge is -2.36. The highest BCUT2D eigenvalue weighted by Gasteiger charge is 2.42. The molecule has 1 aromatic heterocycles. The van der Waals surface area contributed by atoms with Crippen LogP contribution >= 0.6 is 48.0 Å². The van der Waals surface area contributed by atoms with E-state index in [9.17, 15) is 13.2 Å². The van der Waals surface area contributed by atoms with Crippen molar-refractivity contribution in [2.24, 2.45) is 10.9 Å². The maximum absolute atomic E-state index is 13.9. The number of nitrogens with two attached hydrogens (primary N) is 1. The van der Waals surface area contributed by atoms with E-state index in [1.807, 2.05) is 36.1 Å². The van der Waals surface area contributed by atoms with E-state index in [0.29, 0.717) is 55.9 Å². The zero-order chi connectivity index (χ0) is 28.4. The average Bonchev–Trinajstić information content (AvgIpc) is 3.44. The summed E-state index contributed by atoms with van der Waals surface area (Å²) in [6.45, 7) is 4.13. The van der Waals surface area contributed by atoms with Crippen molar-refractivity contribution in [3.05, 3.63) is 63.8 Å². The zero-order valence-electron chi connectivity index (χ0n) is 22.8. The molecule has 2 aromatic carbocycles. The van der Waals surface area contributed by atoms with Gasteiger partial charge in [0, 0.05) is 54.4 Å². The number of hydrazone groups is 1. The Morgan fingerprint density at radius 1 is 1.10 bits per heavy atom. The molecule has 0 unspecified atom stereocenters. The summed E-state index contributed by atoms with van der Waals surface area (Å²) >= 11 is 13.2. The van der Waals surface area contributed by atoms with Gasteiger partial charge in [0.15, 0.2) is 0 Å². The second kappa shape index (κ2) is 14.3. The van der Waals surface area contributed by atoms with Crippen molar-refractivity contribution in [1.82, 2.24) is 19.1 Å². The Hall–Kier alpha value is -2.54. The third kappa shape index (κ3) is 6.82. The second-order valence-electron chi connectivity index (χ2n) is 9.81. The van der Waals surface area contributed by atoms with Crippen LogP contribution in [-0.4, -0.2) is 78.5 Å². The van der Waals surface area contributed by atoms with Gasteiger partial charge in [0.1, 0.15) is 35.1 Å². The fourth-order valence-electron chi connectivity index (χ4n) is 5.16. The number of halogens is 4. The molecule has 15 heteroatoms. The Balaban J connectivity index is 0.00000242. The molecule has 0 aliphatic carbocycles. The number of amides is 1. The number of nitrogens with zero attached hydrogens (tertiary/aromatic N) is 5. The summed E-state index contributed by atoms with van der Waals surface area (Å²) in [5, 5.41) is 4.70. The van der Waals surface area contributed by atoms with Crippen molar-refractivity contribution in [3.8, 4) is 5.75 Å². The third-order valence-electron chi connectivity index (χ3n) is 7.28. The highest BCUT2D eigenvalue weighted by atomic mass is 35.5. The summed E-state index contributed by atoms with van der Waals surface area (Å²) in [6, 6.07) is 11.5. The largest absolute Gasteiger partial charge is 0.487 e. The van der Waals surface area contributed by atoms with Gasteiger partial charge in [-0.2, -0.15) is 9.41 Å². The molecular formula is C27H32Cl4N6O4S. The van der Waals surface area contributed by atoms with Crippen LogP contribution in [0.15, 0.2) is 52.5 Å². The number of hydrogen-bond acceptors (Lipinski definition) is 7. The number of rotatable bonds is 7. The molecule has 2 N–H and O–H groups in total. The fraction of sp³-hybridized carbons (Fsp3) is 0.370. The zero-order valence-corrected chi connectivity index (χ0v) is 26.7. The third-order valence-corrected chi connectivity index (χ3v) is 10.1. The predicted molar refractivity (Wildman–Crippen MR) is 170 cm³/mol. The van der Waals surface area contributed by atoms with E-state index in [0.717, 1.165) is 11.1 Å². The fourth-order valence-corrected chi connectivity index (χ4v) is 7.67. The van der Waals surface area contributed by atoms with Gasteiger partial charge >= 0.3 is 0 Å². The maximum Gasteiger partial charge on any atom is 0.245 e. The SMILES string of the molecule is Cc1ccc2cccc(OCc3c(Cl)ccc(S(=O)(=O)N4CCC[C@H]4C(=O)N4CCN(C=NN)CC4)c3Cl)c2n1.Cl.Cl. The monoisotopic (exact) mass is 676 g/mol. The van der Waals surface area contributed by atoms with Crippen LogP contribution in [0.2, 0.25) is 10.0 Å². The molecule has 2 aliphatic rings. The Labute approximate surface area is 267 Å². The number of aromatic nitrogens is 1. The summed E-state index contributed by atoms with van der Waals surface area (Å²) in [6.07, 6.45) is 2.55. The first-order valence-electron chi connectivity index (χ1n) is 12.9. The van der Waals surface area contributed by atoms with Gasteiger partial charge in [-0.25, -0.2) is 13.4 Å². The molecule has 2 saturated heterocycles. The van der Waals surface area contributed by atoms with Crippen LogP contribution in [0.1, 0.15) is 24.1 Å². The number of piperazine rings is 1.